The fourth-order valence-electron chi connectivity index (χ4n) is 6.97. The Bertz CT molecular complexity index is 1340. The van der Waals surface area contributed by atoms with Crippen LogP contribution in [-0.4, -0.2) is 42.6 Å². The number of esters is 1. The molecule has 7 heteroatoms. The summed E-state index contributed by atoms with van der Waals surface area (Å²) < 4.78 is 4.40. The minimum atomic E-state index is -0.681. The SMILES string of the molecule is CCCCCCCCCCCCC#CC#CCCCCCCCCC(=O)NCCCN.CCCCCCCCCCCCC#CC#CCCCCCCCCC(=O)O.O=C1C=CCO1. The Morgan fingerprint density at radius 3 is 1.12 bits per heavy atom. The number of unbranched alkanes of at least 4 members (excludes halogenated alkanes) is 32. The smallest absolute Gasteiger partial charge is 0.330 e. The molecule has 64 heavy (non-hydrogen) atoms. The van der Waals surface area contributed by atoms with Crippen molar-refractivity contribution in [2.45, 2.75) is 264 Å². The molecule has 4 N–H and O–H groups in total. The Balaban J connectivity index is 0. The summed E-state index contributed by atoms with van der Waals surface area (Å²) in [5, 5.41) is 11.5. The average molecular weight is 889 g/mol. The molecule has 0 radical (unpaired) electrons. The van der Waals surface area contributed by atoms with Gasteiger partial charge in [-0.2, -0.15) is 0 Å². The zero-order chi connectivity index (χ0) is 46.9. The zero-order valence-electron chi connectivity index (χ0n) is 41.5. The van der Waals surface area contributed by atoms with Crippen molar-refractivity contribution in [1.82, 2.24) is 5.32 Å². The maximum atomic E-state index is 11.5. The van der Waals surface area contributed by atoms with Crippen LogP contribution in [0.5, 0.6) is 0 Å². The van der Waals surface area contributed by atoms with E-state index in [4.69, 9.17) is 10.8 Å². The van der Waals surface area contributed by atoms with Gasteiger partial charge in [0.05, 0.1) is 0 Å². The molecule has 0 saturated heterocycles. The second-order valence-corrected chi connectivity index (χ2v) is 17.2. The molecule has 364 valence electrons. The van der Waals surface area contributed by atoms with Gasteiger partial charge in [-0.1, -0.05) is 204 Å². The molecule has 0 saturated carbocycles. The predicted octanol–water partition coefficient (Wildman–Crippen LogP) is 14.5. The lowest BCUT2D eigenvalue weighted by atomic mass is 10.1. The summed E-state index contributed by atoms with van der Waals surface area (Å²) in [6, 6.07) is 0. The Hall–Kier alpha value is -3.65. The first-order valence-corrected chi connectivity index (χ1v) is 26.4. The lowest BCUT2D eigenvalue weighted by molar-refractivity contribution is -0.137. The molecule has 0 spiro atoms. The molecule has 0 bridgehead atoms. The van der Waals surface area contributed by atoms with E-state index in [1.807, 2.05) is 0 Å². The molecule has 1 rings (SSSR count). The number of cyclic esters (lactones) is 1. The Kier molecular flexibility index (Phi) is 56.0. The van der Waals surface area contributed by atoms with Crippen LogP contribution in [-0.2, 0) is 19.1 Å². The maximum absolute atomic E-state index is 11.5. The summed E-state index contributed by atoms with van der Waals surface area (Å²) >= 11 is 0. The van der Waals surface area contributed by atoms with Crippen molar-refractivity contribution >= 4 is 17.8 Å². The first-order chi connectivity index (χ1) is 31.5. The molecule has 1 amide bonds. The number of nitrogens with one attached hydrogen (secondary N) is 1. The van der Waals surface area contributed by atoms with Crippen LogP contribution in [0.4, 0.5) is 0 Å². The fourth-order valence-corrected chi connectivity index (χ4v) is 6.97. The second-order valence-electron chi connectivity index (χ2n) is 17.2. The molecule has 0 aromatic heterocycles. The van der Waals surface area contributed by atoms with Crippen LogP contribution in [0.1, 0.15) is 264 Å². The van der Waals surface area contributed by atoms with Gasteiger partial charge in [0.15, 0.2) is 0 Å². The largest absolute Gasteiger partial charge is 0.481 e. The van der Waals surface area contributed by atoms with Gasteiger partial charge in [0.25, 0.3) is 0 Å². The number of aliphatic carboxylic acids is 1. The van der Waals surface area contributed by atoms with Gasteiger partial charge >= 0.3 is 11.9 Å². The topological polar surface area (TPSA) is 119 Å². The zero-order valence-corrected chi connectivity index (χ0v) is 41.5. The number of carboxylic acid groups (broad SMARTS) is 1. The van der Waals surface area contributed by atoms with E-state index >= 15 is 0 Å². The molecule has 0 atom stereocenters. The highest BCUT2D eigenvalue weighted by molar-refractivity contribution is 5.83. The van der Waals surface area contributed by atoms with E-state index in [1.54, 1.807) is 6.08 Å². The molecule has 0 aliphatic carbocycles. The third-order valence-corrected chi connectivity index (χ3v) is 11.0. The minimum absolute atomic E-state index is 0.165. The number of carboxylic acids is 1. The Labute approximate surface area is 395 Å². The quantitative estimate of drug-likeness (QED) is 0.0321. The summed E-state index contributed by atoms with van der Waals surface area (Å²) in [6.45, 7) is 6.35. The summed E-state index contributed by atoms with van der Waals surface area (Å²) in [4.78, 5) is 31.9. The van der Waals surface area contributed by atoms with E-state index in [-0.39, 0.29) is 11.9 Å². The highest BCUT2D eigenvalue weighted by Crippen LogP contribution is 2.13. The third kappa shape index (κ3) is 60.4. The van der Waals surface area contributed by atoms with Crippen LogP contribution in [0.15, 0.2) is 12.2 Å². The van der Waals surface area contributed by atoms with Gasteiger partial charge in [0, 0.05) is 51.1 Å². The third-order valence-electron chi connectivity index (χ3n) is 11.0. The van der Waals surface area contributed by atoms with Crippen molar-refractivity contribution in [3.63, 3.8) is 0 Å². The first kappa shape index (κ1) is 62.4. The summed E-state index contributed by atoms with van der Waals surface area (Å²) in [7, 11) is 0. The van der Waals surface area contributed by atoms with Crippen molar-refractivity contribution in [3.8, 4) is 47.4 Å². The van der Waals surface area contributed by atoms with Gasteiger partial charge in [-0.25, -0.2) is 4.79 Å². The molecular formula is C57H96N2O5. The number of amides is 1. The highest BCUT2D eigenvalue weighted by Gasteiger charge is 2.01. The van der Waals surface area contributed by atoms with Gasteiger partial charge in [0.2, 0.25) is 5.91 Å². The number of rotatable bonds is 39. The molecular weight excluding hydrogens is 793 g/mol. The number of carbonyl (C=O) groups is 3. The maximum Gasteiger partial charge on any atom is 0.330 e. The van der Waals surface area contributed by atoms with Crippen molar-refractivity contribution < 1.29 is 24.2 Å². The second kappa shape index (κ2) is 57.4. The lowest BCUT2D eigenvalue weighted by Gasteiger charge is -2.04. The fraction of sp³-hybridized carbons (Fsp3) is 0.772. The van der Waals surface area contributed by atoms with Crippen molar-refractivity contribution in [3.05, 3.63) is 12.2 Å². The van der Waals surface area contributed by atoms with E-state index in [0.29, 0.717) is 32.5 Å². The van der Waals surface area contributed by atoms with Gasteiger partial charge < -0.3 is 20.9 Å². The monoisotopic (exact) mass is 889 g/mol. The number of hydrogen-bond donors (Lipinski definition) is 3. The van der Waals surface area contributed by atoms with E-state index in [0.717, 1.165) is 77.0 Å². The molecule has 0 unspecified atom stereocenters. The van der Waals surface area contributed by atoms with E-state index in [9.17, 15) is 14.4 Å². The Morgan fingerprint density at radius 1 is 0.516 bits per heavy atom. The minimum Gasteiger partial charge on any atom is -0.481 e. The summed E-state index contributed by atoms with van der Waals surface area (Å²) in [5.41, 5.74) is 5.41. The average Bonchev–Trinajstić information content (AvgIpc) is 3.78. The van der Waals surface area contributed by atoms with Gasteiger partial charge in [0.1, 0.15) is 6.61 Å². The first-order valence-electron chi connectivity index (χ1n) is 26.4. The normalized spacial score (nSPS) is 10.8. The standard InChI is InChI=1S/C28H50N2O.C25H42O2.C4H4O2/c1-2-3-4-5-6-7-8-9-10-11-12-13-14-15-16-17-18-19-20-21-22-23-25-28(31)30-27-24-26-29;1-2-3-4-5-6-7-8-9-10-11-12-13-14-15-16-17-18-19-20-21-22-23-24-25(26)27;5-4-2-1-3-6-4/h2-12,17-27,29H2,1H3,(H,30,31);2-12,17-24H2,1H3,(H,26,27);1-2H,3H2. The lowest BCUT2D eigenvalue weighted by Crippen LogP contribution is -2.25. The van der Waals surface area contributed by atoms with Crippen LogP contribution in [0.25, 0.3) is 0 Å². The van der Waals surface area contributed by atoms with Crippen LogP contribution >= 0.6 is 0 Å². The molecule has 0 fully saturated rings. The van der Waals surface area contributed by atoms with E-state index in [2.05, 4.69) is 71.3 Å². The van der Waals surface area contributed by atoms with Crippen LogP contribution in [0.2, 0.25) is 0 Å². The molecule has 1 aliphatic heterocycles. The number of ether oxygens (including phenoxy) is 1. The van der Waals surface area contributed by atoms with Crippen LogP contribution in [0.3, 0.4) is 0 Å². The predicted molar refractivity (Wildman–Crippen MR) is 272 cm³/mol. The van der Waals surface area contributed by atoms with Gasteiger partial charge in [-0.05, 0) is 81.2 Å². The van der Waals surface area contributed by atoms with Gasteiger partial charge in [-0.3, -0.25) is 9.59 Å². The van der Waals surface area contributed by atoms with Crippen LogP contribution < -0.4 is 11.1 Å². The van der Waals surface area contributed by atoms with E-state index < -0.39 is 5.97 Å². The number of carbonyl (C=O) groups excluding carboxylic acids is 2. The van der Waals surface area contributed by atoms with Crippen molar-refractivity contribution in [1.29, 1.82) is 0 Å². The van der Waals surface area contributed by atoms with Gasteiger partial charge in [-0.15, -0.1) is 0 Å². The van der Waals surface area contributed by atoms with Crippen LogP contribution in [0, 0.1) is 47.4 Å². The molecule has 0 aromatic carbocycles. The Morgan fingerprint density at radius 2 is 0.844 bits per heavy atom. The molecule has 0 aromatic rings. The van der Waals surface area contributed by atoms with Crippen molar-refractivity contribution in [2.24, 2.45) is 5.73 Å². The highest BCUT2D eigenvalue weighted by atomic mass is 16.5. The summed E-state index contributed by atoms with van der Waals surface area (Å²) in [5.74, 6) is 23.9. The number of nitrogens with two attached hydrogens (primary N) is 1. The molecule has 7 nitrogen and oxygen atoms in total. The van der Waals surface area contributed by atoms with E-state index in [1.165, 1.54) is 167 Å². The molecule has 1 aliphatic rings. The number of hydrogen-bond acceptors (Lipinski definition) is 5. The summed E-state index contributed by atoms with van der Waals surface area (Å²) in [6.07, 6.45) is 49.6. The molecule has 1 heterocycles. The van der Waals surface area contributed by atoms with Crippen molar-refractivity contribution in [2.75, 3.05) is 19.7 Å².